The fraction of sp³-hybridized carbons (Fsp3) is 0.346. The molecule has 0 aromatic heterocycles. The molecule has 2 aromatic rings. The molecule has 2 N–H and O–H groups in total. The van der Waals surface area contributed by atoms with Crippen LogP contribution in [0.1, 0.15) is 50.3 Å². The minimum Gasteiger partial charge on any atom is -0.463 e. The first kappa shape index (κ1) is 23.0. The molecule has 1 fully saturated rings. The van der Waals surface area contributed by atoms with E-state index in [1.165, 1.54) is 5.56 Å². The van der Waals surface area contributed by atoms with E-state index >= 15 is 0 Å². The minimum atomic E-state index is -0.450. The van der Waals surface area contributed by atoms with Crippen LogP contribution in [0, 0.1) is 5.92 Å². The predicted octanol–water partition coefficient (Wildman–Crippen LogP) is 4.52. The quantitative estimate of drug-likeness (QED) is 0.465. The van der Waals surface area contributed by atoms with Crippen LogP contribution in [0.3, 0.4) is 0 Å². The monoisotopic (exact) mass is 463 g/mol. The van der Waals surface area contributed by atoms with E-state index in [1.54, 1.807) is 6.92 Å². The highest BCUT2D eigenvalue weighted by atomic mass is 32.1. The van der Waals surface area contributed by atoms with Gasteiger partial charge < -0.3 is 20.3 Å². The first-order valence-corrected chi connectivity index (χ1v) is 11.8. The summed E-state index contributed by atoms with van der Waals surface area (Å²) in [6, 6.07) is 17.2. The molecule has 0 saturated heterocycles. The maximum atomic E-state index is 12.9. The topological polar surface area (TPSA) is 70.7 Å². The number of nitrogens with zero attached hydrogens (tertiary/aromatic N) is 1. The highest BCUT2D eigenvalue weighted by Gasteiger charge is 2.44. The van der Waals surface area contributed by atoms with E-state index < -0.39 is 6.04 Å². The number of carbonyl (C=O) groups excluding carboxylic acids is 2. The highest BCUT2D eigenvalue weighted by molar-refractivity contribution is 7.80. The molecule has 1 saturated carbocycles. The summed E-state index contributed by atoms with van der Waals surface area (Å²) in [6.07, 6.45) is 0.857. The zero-order chi connectivity index (χ0) is 23.5. The molecular weight excluding hydrogens is 434 g/mol. The molecule has 0 spiro atoms. The van der Waals surface area contributed by atoms with Gasteiger partial charge in [0.15, 0.2) is 5.11 Å². The van der Waals surface area contributed by atoms with Gasteiger partial charge in [0.2, 0.25) is 5.91 Å². The molecule has 33 heavy (non-hydrogen) atoms. The summed E-state index contributed by atoms with van der Waals surface area (Å²) in [4.78, 5) is 27.6. The van der Waals surface area contributed by atoms with E-state index in [-0.39, 0.29) is 23.7 Å². The number of esters is 1. The summed E-state index contributed by atoms with van der Waals surface area (Å²) in [5.41, 5.74) is 4.04. The molecule has 0 bridgehead atoms. The maximum absolute atomic E-state index is 12.9. The Bertz CT molecular complexity index is 1100. The molecule has 1 heterocycles. The van der Waals surface area contributed by atoms with E-state index in [1.807, 2.05) is 61.2 Å². The zero-order valence-electron chi connectivity index (χ0n) is 19.1. The number of amides is 1. The molecule has 0 unspecified atom stereocenters. The molecule has 2 aliphatic rings. The third-order valence-electron chi connectivity index (χ3n) is 6.25. The van der Waals surface area contributed by atoms with Gasteiger partial charge in [0.1, 0.15) is 0 Å². The number of ether oxygens (including phenoxy) is 1. The van der Waals surface area contributed by atoms with E-state index in [4.69, 9.17) is 17.0 Å². The second-order valence-corrected chi connectivity index (χ2v) is 8.71. The van der Waals surface area contributed by atoms with E-state index in [9.17, 15) is 9.59 Å². The SMILES string of the molecule is CCOC(=O)C1=C(C)N(CC)C(=S)N[C@@H]1c1cccc(NC(=O)[C@@H]2C[C@H]2c2ccccc2)c1. The van der Waals surface area contributed by atoms with Gasteiger partial charge in [0, 0.05) is 23.8 Å². The maximum Gasteiger partial charge on any atom is 0.338 e. The smallest absolute Gasteiger partial charge is 0.338 e. The van der Waals surface area contributed by atoms with Gasteiger partial charge in [-0.25, -0.2) is 4.79 Å². The third kappa shape index (κ3) is 4.78. The average molecular weight is 464 g/mol. The molecule has 4 rings (SSSR count). The van der Waals surface area contributed by atoms with Crippen molar-refractivity contribution < 1.29 is 14.3 Å². The standard InChI is InChI=1S/C26H29N3O3S/c1-4-29-16(3)22(25(31)32-5-2)23(28-26(29)33)18-12-9-13-19(14-18)27-24(30)21-15-20(21)17-10-7-6-8-11-17/h6-14,20-21,23H,4-5,15H2,1-3H3,(H,27,30)(H,28,33)/t20-,21+,23+/m0/s1. The molecule has 1 aliphatic heterocycles. The lowest BCUT2D eigenvalue weighted by molar-refractivity contribution is -0.139. The summed E-state index contributed by atoms with van der Waals surface area (Å²) < 4.78 is 5.34. The average Bonchev–Trinajstić information content (AvgIpc) is 3.61. The van der Waals surface area contributed by atoms with Crippen LogP contribution in [0.15, 0.2) is 65.9 Å². The van der Waals surface area contributed by atoms with Gasteiger partial charge in [-0.15, -0.1) is 0 Å². The zero-order valence-corrected chi connectivity index (χ0v) is 19.9. The van der Waals surface area contributed by atoms with Crippen LogP contribution in [-0.2, 0) is 14.3 Å². The first-order valence-electron chi connectivity index (χ1n) is 11.4. The van der Waals surface area contributed by atoms with E-state index in [0.29, 0.717) is 29.5 Å². The van der Waals surface area contributed by atoms with Crippen LogP contribution in [0.4, 0.5) is 5.69 Å². The fourth-order valence-corrected chi connectivity index (χ4v) is 4.85. The van der Waals surface area contributed by atoms with Crippen molar-refractivity contribution in [2.75, 3.05) is 18.5 Å². The lowest BCUT2D eigenvalue weighted by atomic mass is 9.94. The lowest BCUT2D eigenvalue weighted by Crippen LogP contribution is -2.47. The van der Waals surface area contributed by atoms with Gasteiger partial charge in [0.25, 0.3) is 0 Å². The predicted molar refractivity (Wildman–Crippen MR) is 133 cm³/mol. The molecule has 0 radical (unpaired) electrons. The number of benzene rings is 2. The van der Waals surface area contributed by atoms with Crippen LogP contribution in [-0.4, -0.2) is 35.0 Å². The Morgan fingerprint density at radius 2 is 1.85 bits per heavy atom. The van der Waals surface area contributed by atoms with Crippen LogP contribution in [0.25, 0.3) is 0 Å². The van der Waals surface area contributed by atoms with Gasteiger partial charge >= 0.3 is 5.97 Å². The van der Waals surface area contributed by atoms with Crippen LogP contribution >= 0.6 is 12.2 Å². The van der Waals surface area contributed by atoms with Gasteiger partial charge in [-0.3, -0.25) is 4.79 Å². The van der Waals surface area contributed by atoms with Crippen LogP contribution in [0.2, 0.25) is 0 Å². The van der Waals surface area contributed by atoms with Crippen molar-refractivity contribution in [3.8, 4) is 0 Å². The van der Waals surface area contributed by atoms with Crippen LogP contribution < -0.4 is 10.6 Å². The summed E-state index contributed by atoms with van der Waals surface area (Å²) in [6.45, 7) is 6.60. The Balaban J connectivity index is 1.55. The Hall–Kier alpha value is -3.19. The molecule has 2 aromatic carbocycles. The number of rotatable bonds is 7. The van der Waals surface area contributed by atoms with E-state index in [2.05, 4.69) is 22.8 Å². The Labute approximate surface area is 200 Å². The van der Waals surface area contributed by atoms with Crippen molar-refractivity contribution in [2.24, 2.45) is 5.92 Å². The van der Waals surface area contributed by atoms with Gasteiger partial charge in [0.05, 0.1) is 18.2 Å². The lowest BCUT2D eigenvalue weighted by Gasteiger charge is -2.37. The molecule has 6 nitrogen and oxygen atoms in total. The number of thiocarbonyl (C=S) groups is 1. The molecule has 1 amide bonds. The minimum absolute atomic E-state index is 0.0163. The van der Waals surface area contributed by atoms with Crippen LogP contribution in [0.5, 0.6) is 0 Å². The van der Waals surface area contributed by atoms with Crippen molar-refractivity contribution in [3.63, 3.8) is 0 Å². The molecule has 3 atom stereocenters. The third-order valence-corrected chi connectivity index (χ3v) is 6.59. The second kappa shape index (κ2) is 9.75. The second-order valence-electron chi connectivity index (χ2n) is 8.32. The number of carbonyl (C=O) groups is 2. The Morgan fingerprint density at radius 1 is 1.12 bits per heavy atom. The van der Waals surface area contributed by atoms with Gasteiger partial charge in [-0.05, 0) is 68.6 Å². The first-order chi connectivity index (χ1) is 15.9. The van der Waals surface area contributed by atoms with Crippen molar-refractivity contribution in [2.45, 2.75) is 39.2 Å². The Morgan fingerprint density at radius 3 is 2.55 bits per heavy atom. The van der Waals surface area contributed by atoms with Crippen molar-refractivity contribution >= 4 is 34.9 Å². The highest BCUT2D eigenvalue weighted by Crippen LogP contribution is 2.48. The number of hydrogen-bond acceptors (Lipinski definition) is 4. The van der Waals surface area contributed by atoms with Crippen molar-refractivity contribution in [1.82, 2.24) is 10.2 Å². The van der Waals surface area contributed by atoms with Gasteiger partial charge in [-0.2, -0.15) is 0 Å². The van der Waals surface area contributed by atoms with Crippen molar-refractivity contribution in [1.29, 1.82) is 0 Å². The van der Waals surface area contributed by atoms with Crippen molar-refractivity contribution in [3.05, 3.63) is 77.0 Å². The van der Waals surface area contributed by atoms with E-state index in [0.717, 1.165) is 17.7 Å². The number of allylic oxidation sites excluding steroid dienone is 1. The fourth-order valence-electron chi connectivity index (χ4n) is 4.47. The summed E-state index contributed by atoms with van der Waals surface area (Å²) >= 11 is 5.55. The summed E-state index contributed by atoms with van der Waals surface area (Å²) in [5, 5.41) is 6.90. The largest absolute Gasteiger partial charge is 0.463 e. The summed E-state index contributed by atoms with van der Waals surface area (Å²) in [7, 11) is 0. The molecule has 172 valence electrons. The van der Waals surface area contributed by atoms with Gasteiger partial charge in [-0.1, -0.05) is 42.5 Å². The molecule has 7 heteroatoms. The number of hydrogen-bond donors (Lipinski definition) is 2. The molecule has 1 aliphatic carbocycles. The normalized spacial score (nSPS) is 22.0. The molecular formula is C26H29N3O3S. The summed E-state index contributed by atoms with van der Waals surface area (Å²) in [5.74, 6) is -0.103. The Kier molecular flexibility index (Phi) is 6.79. The number of anilines is 1. The number of nitrogens with one attached hydrogen (secondary N) is 2.